The molecule has 1 aliphatic carbocycles. The molecule has 3 amide bonds. The van der Waals surface area contributed by atoms with Gasteiger partial charge in [0.2, 0.25) is 17.8 Å². The van der Waals surface area contributed by atoms with Crippen LogP contribution in [0.1, 0.15) is 78.1 Å². The fourth-order valence-corrected chi connectivity index (χ4v) is 7.48. The summed E-state index contributed by atoms with van der Waals surface area (Å²) in [7, 11) is 0. The number of nitrogens with one attached hydrogen (secondary N) is 4. The lowest BCUT2D eigenvalue weighted by Crippen LogP contribution is -2.67. The molecule has 0 radical (unpaired) electrons. The first kappa shape index (κ1) is 42.7. The number of benzene rings is 2. The van der Waals surface area contributed by atoms with Gasteiger partial charge in [-0.3, -0.25) is 14.4 Å². The van der Waals surface area contributed by atoms with Crippen molar-refractivity contribution in [2.24, 2.45) is 5.92 Å². The van der Waals surface area contributed by atoms with Gasteiger partial charge in [-0.25, -0.2) is 14.8 Å². The van der Waals surface area contributed by atoms with Crippen molar-refractivity contribution in [1.82, 2.24) is 25.9 Å². The number of aliphatic carboxylic acids is 1. The van der Waals surface area contributed by atoms with Crippen LogP contribution in [0.3, 0.4) is 0 Å². The number of nitrogens with zero attached hydrogens (tertiary/aromatic N) is 2. The second kappa shape index (κ2) is 19.1. The summed E-state index contributed by atoms with van der Waals surface area (Å²) in [5, 5.41) is 65.2. The molecule has 306 valence electrons. The summed E-state index contributed by atoms with van der Waals surface area (Å²) in [5.41, 5.74) is 0.614. The fraction of sp³-hybridized carbons (Fsp3) is 0.463. The summed E-state index contributed by atoms with van der Waals surface area (Å²) in [6, 6.07) is 10.8. The monoisotopic (exact) mass is 788 g/mol. The topological polar surface area (TPSA) is 253 Å². The third-order valence-corrected chi connectivity index (χ3v) is 10.5. The van der Waals surface area contributed by atoms with E-state index in [0.717, 1.165) is 24.8 Å². The molecule has 0 spiro atoms. The van der Waals surface area contributed by atoms with Crippen LogP contribution in [0.2, 0.25) is 0 Å². The number of phenols is 1. The minimum atomic E-state index is -2.06. The van der Waals surface area contributed by atoms with E-state index in [1.165, 1.54) is 19.1 Å². The van der Waals surface area contributed by atoms with Gasteiger partial charge in [-0.15, -0.1) is 0 Å². The van der Waals surface area contributed by atoms with Crippen molar-refractivity contribution in [1.29, 1.82) is 0 Å². The second-order valence-electron chi connectivity index (χ2n) is 15.0. The Bertz CT molecular complexity index is 1910. The fourth-order valence-electron chi connectivity index (χ4n) is 7.48. The van der Waals surface area contributed by atoms with E-state index < -0.39 is 66.8 Å². The number of aromatic nitrogens is 2. The van der Waals surface area contributed by atoms with E-state index in [2.05, 4.69) is 31.2 Å². The van der Waals surface area contributed by atoms with E-state index in [1.807, 2.05) is 18.2 Å². The van der Waals surface area contributed by atoms with Gasteiger partial charge in [-0.2, -0.15) is 0 Å². The van der Waals surface area contributed by atoms with Crippen LogP contribution in [0.15, 0.2) is 60.9 Å². The number of aromatic hydroxyl groups is 1. The number of ether oxygens (including phenoxy) is 1. The highest BCUT2D eigenvalue weighted by atomic mass is 16.6. The predicted molar refractivity (Wildman–Crippen MR) is 209 cm³/mol. The molecule has 2 fully saturated rings. The molecule has 0 bridgehead atoms. The Morgan fingerprint density at radius 3 is 2.42 bits per heavy atom. The molecule has 57 heavy (non-hydrogen) atoms. The van der Waals surface area contributed by atoms with E-state index in [9.17, 15) is 44.7 Å². The van der Waals surface area contributed by atoms with Crippen LogP contribution >= 0.6 is 0 Å². The van der Waals surface area contributed by atoms with Crippen molar-refractivity contribution in [3.05, 3.63) is 88.8 Å². The maximum Gasteiger partial charge on any atom is 0.336 e. The summed E-state index contributed by atoms with van der Waals surface area (Å²) < 4.78 is 6.03. The summed E-state index contributed by atoms with van der Waals surface area (Å²) in [6.45, 7) is 4.24. The lowest BCUT2D eigenvalue weighted by Gasteiger charge is -2.47. The number of aliphatic hydroxyl groups excluding tert-OH is 3. The molecular formula is C41H52N6O10. The van der Waals surface area contributed by atoms with Crippen molar-refractivity contribution in [3.63, 3.8) is 0 Å². The molecule has 2 heterocycles. The summed E-state index contributed by atoms with van der Waals surface area (Å²) in [4.78, 5) is 59.3. The number of carbonyl (C=O) groups is 4. The van der Waals surface area contributed by atoms with Gasteiger partial charge in [0, 0.05) is 62.8 Å². The van der Waals surface area contributed by atoms with Gasteiger partial charge < -0.3 is 51.5 Å². The number of rotatable bonds is 15. The Labute approximate surface area is 330 Å². The van der Waals surface area contributed by atoms with Gasteiger partial charge in [-0.05, 0) is 79.6 Å². The van der Waals surface area contributed by atoms with E-state index in [4.69, 9.17) is 4.74 Å². The molecule has 16 nitrogen and oxygen atoms in total. The van der Waals surface area contributed by atoms with Crippen molar-refractivity contribution in [2.75, 3.05) is 11.9 Å². The highest BCUT2D eigenvalue weighted by Crippen LogP contribution is 2.36. The molecular weight excluding hydrogens is 736 g/mol. The highest BCUT2D eigenvalue weighted by Gasteiger charge is 2.54. The molecule has 1 aromatic heterocycles. The maximum atomic E-state index is 13.1. The van der Waals surface area contributed by atoms with Gasteiger partial charge in [-0.1, -0.05) is 36.8 Å². The minimum Gasteiger partial charge on any atom is -0.507 e. The summed E-state index contributed by atoms with van der Waals surface area (Å²) in [5.74, 6) is -2.24. The molecule has 1 unspecified atom stereocenters. The van der Waals surface area contributed by atoms with Gasteiger partial charge in [0.15, 0.2) is 5.60 Å². The zero-order chi connectivity index (χ0) is 41.3. The smallest absolute Gasteiger partial charge is 0.336 e. The summed E-state index contributed by atoms with van der Waals surface area (Å²) >= 11 is 0. The SMILES string of the molecule is CC(=O)N[C@H]1[C@H]([C@H](O)[C@H](O)CNC(=O)c2cc(C)c(O)c(C)c2)O[C@@](C/C=C/c2cccc(CNC(=O)C3CCC[C@H](Nc4ncccn4)C3)c2)(C(=O)O)C[C@@H]1O. The van der Waals surface area contributed by atoms with Crippen LogP contribution < -0.4 is 21.3 Å². The van der Waals surface area contributed by atoms with Crippen LogP contribution in [0, 0.1) is 19.8 Å². The standard InChI is InChI=1S/C41H52N6O10/c1-23-16-29(17-24(2)34(23)51)38(54)45-22-32(50)35(52)36-33(46-25(3)48)31(49)20-41(57-36,39(55)56)13-6-10-26-8-4-9-27(18-26)21-44-37(53)28-11-5-12-30(19-28)47-40-42-14-7-15-43-40/h4,6-10,14-18,28,30-33,35-36,49-52H,5,11-13,19-22H2,1-3H3,(H,44,53)(H,45,54)(H,46,48)(H,55,56)(H,42,43,47)/b10-6+/t28?,30-,31-,32+,33+,35+,36+,41+/m0/s1. The van der Waals surface area contributed by atoms with Crippen LogP contribution in [0.25, 0.3) is 6.08 Å². The highest BCUT2D eigenvalue weighted by molar-refractivity contribution is 5.95. The number of carboxylic acid groups (broad SMARTS) is 1. The average Bonchev–Trinajstić information content (AvgIpc) is 3.18. The van der Waals surface area contributed by atoms with E-state index in [0.29, 0.717) is 29.1 Å². The Balaban J connectivity index is 1.21. The number of carboxylic acids is 1. The van der Waals surface area contributed by atoms with Crippen molar-refractivity contribution >= 4 is 35.7 Å². The molecule has 2 aliphatic rings. The van der Waals surface area contributed by atoms with Crippen molar-refractivity contribution in [3.8, 4) is 5.75 Å². The molecule has 1 aliphatic heterocycles. The van der Waals surface area contributed by atoms with Crippen LogP contribution in [0.4, 0.5) is 5.95 Å². The van der Waals surface area contributed by atoms with Crippen molar-refractivity contribution in [2.45, 2.75) is 108 Å². The number of anilines is 1. The van der Waals surface area contributed by atoms with Gasteiger partial charge in [0.25, 0.3) is 5.91 Å². The number of hydrogen-bond acceptors (Lipinski definition) is 12. The molecule has 3 aromatic rings. The molecule has 8 atom stereocenters. The third-order valence-electron chi connectivity index (χ3n) is 10.5. The number of aryl methyl sites for hydroxylation is 2. The second-order valence-corrected chi connectivity index (χ2v) is 15.0. The van der Waals surface area contributed by atoms with Gasteiger partial charge in [0.1, 0.15) is 18.0 Å². The first-order valence-corrected chi connectivity index (χ1v) is 19.0. The number of aliphatic hydroxyl groups is 3. The van der Waals surface area contributed by atoms with E-state index in [1.54, 1.807) is 50.5 Å². The lowest BCUT2D eigenvalue weighted by molar-refractivity contribution is -0.226. The Hall–Kier alpha value is -5.42. The largest absolute Gasteiger partial charge is 0.507 e. The normalized spacial score (nSPS) is 24.6. The van der Waals surface area contributed by atoms with Gasteiger partial charge in [0.05, 0.1) is 18.2 Å². The number of hydrogen-bond donors (Lipinski definition) is 9. The average molecular weight is 789 g/mol. The Kier molecular flexibility index (Phi) is 14.4. The summed E-state index contributed by atoms with van der Waals surface area (Å²) in [6.07, 6.45) is 2.47. The molecule has 9 N–H and O–H groups in total. The first-order chi connectivity index (χ1) is 27.2. The predicted octanol–water partition coefficient (Wildman–Crippen LogP) is 2.12. The van der Waals surface area contributed by atoms with Crippen LogP contribution in [0.5, 0.6) is 5.75 Å². The Morgan fingerprint density at radius 2 is 1.74 bits per heavy atom. The minimum absolute atomic E-state index is 0.0443. The first-order valence-electron chi connectivity index (χ1n) is 19.0. The van der Waals surface area contributed by atoms with Crippen LogP contribution in [-0.2, 0) is 25.7 Å². The molecule has 2 aromatic carbocycles. The van der Waals surface area contributed by atoms with Crippen molar-refractivity contribution < 1.29 is 49.4 Å². The van der Waals surface area contributed by atoms with Gasteiger partial charge >= 0.3 is 5.97 Å². The van der Waals surface area contributed by atoms with E-state index in [-0.39, 0.29) is 42.1 Å². The number of amides is 3. The zero-order valence-electron chi connectivity index (χ0n) is 32.2. The molecule has 1 saturated heterocycles. The lowest BCUT2D eigenvalue weighted by atomic mass is 9.81. The molecule has 1 saturated carbocycles. The van der Waals surface area contributed by atoms with E-state index >= 15 is 0 Å². The Morgan fingerprint density at radius 1 is 1.02 bits per heavy atom. The molecule has 5 rings (SSSR count). The quantitative estimate of drug-likeness (QED) is 0.107. The maximum absolute atomic E-state index is 13.1. The third kappa shape index (κ3) is 11.1. The van der Waals surface area contributed by atoms with Crippen LogP contribution in [-0.4, -0.2) is 108 Å². The number of carbonyl (C=O) groups excluding carboxylic acids is 3. The molecule has 16 heteroatoms. The zero-order valence-corrected chi connectivity index (χ0v) is 32.2. The number of phenolic OH excluding ortho intramolecular Hbond substituents is 1.